The summed E-state index contributed by atoms with van der Waals surface area (Å²) in [6.07, 6.45) is 0.586. The number of hydrogen-bond acceptors (Lipinski definition) is 4. The number of halogens is 1. The molecule has 2 aromatic rings. The first-order chi connectivity index (χ1) is 11.3. The molecule has 1 aliphatic carbocycles. The highest BCUT2D eigenvalue weighted by molar-refractivity contribution is 5.97. The molecule has 1 aromatic heterocycles. The number of amides is 1. The van der Waals surface area contributed by atoms with Gasteiger partial charge in [-0.25, -0.2) is 13.9 Å². The van der Waals surface area contributed by atoms with Gasteiger partial charge in [0.15, 0.2) is 5.69 Å². The number of aryl methyl sites for hydroxylation is 1. The molecule has 0 saturated heterocycles. The quantitative estimate of drug-likeness (QED) is 0.871. The number of aliphatic carboxylic acids is 1. The maximum atomic E-state index is 14.0. The fourth-order valence-corrected chi connectivity index (χ4v) is 2.37. The van der Waals surface area contributed by atoms with Gasteiger partial charge in [-0.3, -0.25) is 9.59 Å². The van der Waals surface area contributed by atoms with Crippen molar-refractivity contribution in [1.29, 1.82) is 0 Å². The lowest BCUT2D eigenvalue weighted by atomic mass is 10.2. The lowest BCUT2D eigenvalue weighted by Crippen LogP contribution is -2.45. The van der Waals surface area contributed by atoms with Crippen LogP contribution in [0.1, 0.15) is 29.0 Å². The third-order valence-corrected chi connectivity index (χ3v) is 3.92. The minimum absolute atomic E-state index is 0.0865. The average Bonchev–Trinajstić information content (AvgIpc) is 3.29. The summed E-state index contributed by atoms with van der Waals surface area (Å²) in [5.41, 5.74) is -2.03. The van der Waals surface area contributed by atoms with Gasteiger partial charge in [-0.2, -0.15) is 5.10 Å². The van der Waals surface area contributed by atoms with Crippen molar-refractivity contribution < 1.29 is 19.1 Å². The lowest BCUT2D eigenvalue weighted by Gasteiger charge is -2.14. The molecule has 1 aromatic carbocycles. The summed E-state index contributed by atoms with van der Waals surface area (Å²) >= 11 is 0. The van der Waals surface area contributed by atoms with E-state index in [0.717, 1.165) is 10.7 Å². The Hall–Kier alpha value is -3.03. The number of hydrogen-bond donors (Lipinski definition) is 2. The van der Waals surface area contributed by atoms with E-state index >= 15 is 0 Å². The van der Waals surface area contributed by atoms with Crippen LogP contribution in [0.5, 0.6) is 0 Å². The molecule has 3 rings (SSSR count). The number of aromatic nitrogens is 2. The Kier molecular flexibility index (Phi) is 3.67. The summed E-state index contributed by atoms with van der Waals surface area (Å²) in [6.45, 7) is 1.56. The number of nitrogens with one attached hydrogen (secondary N) is 1. The van der Waals surface area contributed by atoms with E-state index in [4.69, 9.17) is 5.11 Å². The van der Waals surface area contributed by atoms with E-state index in [0.29, 0.717) is 18.5 Å². The predicted molar refractivity (Wildman–Crippen MR) is 81.6 cm³/mol. The van der Waals surface area contributed by atoms with Gasteiger partial charge in [0.05, 0.1) is 0 Å². The molecule has 1 saturated carbocycles. The van der Waals surface area contributed by atoms with Gasteiger partial charge in [-0.15, -0.1) is 0 Å². The molecule has 1 amide bonds. The Labute approximate surface area is 135 Å². The predicted octanol–water partition coefficient (Wildman–Crippen LogP) is 1.03. The van der Waals surface area contributed by atoms with Crippen LogP contribution in [0.2, 0.25) is 0 Å². The molecule has 0 radical (unpaired) electrons. The maximum absolute atomic E-state index is 14.0. The van der Waals surface area contributed by atoms with Crippen molar-refractivity contribution >= 4 is 11.9 Å². The fraction of sp³-hybridized carbons (Fsp3) is 0.250. The Bertz CT molecular complexity index is 902. The smallest absolute Gasteiger partial charge is 0.329 e. The molecule has 124 valence electrons. The van der Waals surface area contributed by atoms with Crippen molar-refractivity contribution in [3.8, 4) is 5.69 Å². The third kappa shape index (κ3) is 2.66. The zero-order valence-corrected chi connectivity index (χ0v) is 12.7. The van der Waals surface area contributed by atoms with Gasteiger partial charge >= 0.3 is 5.97 Å². The van der Waals surface area contributed by atoms with Gasteiger partial charge in [0.2, 0.25) is 5.43 Å². The van der Waals surface area contributed by atoms with Crippen LogP contribution in [-0.2, 0) is 4.79 Å². The lowest BCUT2D eigenvalue weighted by molar-refractivity contribution is -0.140. The van der Waals surface area contributed by atoms with E-state index < -0.39 is 34.4 Å². The van der Waals surface area contributed by atoms with Gasteiger partial charge in [0, 0.05) is 11.8 Å². The molecular weight excluding hydrogens is 317 g/mol. The molecule has 24 heavy (non-hydrogen) atoms. The van der Waals surface area contributed by atoms with Crippen molar-refractivity contribution in [1.82, 2.24) is 15.1 Å². The van der Waals surface area contributed by atoms with E-state index in [1.165, 1.54) is 18.2 Å². The molecule has 1 aliphatic rings. The summed E-state index contributed by atoms with van der Waals surface area (Å²) < 4.78 is 15.1. The van der Waals surface area contributed by atoms with Gasteiger partial charge in [-0.05, 0) is 31.9 Å². The minimum atomic E-state index is -1.33. The van der Waals surface area contributed by atoms with Crippen LogP contribution < -0.4 is 10.7 Å². The maximum Gasteiger partial charge on any atom is 0.329 e. The topological polar surface area (TPSA) is 101 Å². The van der Waals surface area contributed by atoms with Crippen molar-refractivity contribution in [3.63, 3.8) is 0 Å². The van der Waals surface area contributed by atoms with Gasteiger partial charge in [0.25, 0.3) is 5.91 Å². The second-order valence-electron chi connectivity index (χ2n) is 5.70. The molecule has 2 N–H and O–H groups in total. The van der Waals surface area contributed by atoms with Crippen LogP contribution in [0.3, 0.4) is 0 Å². The first kappa shape index (κ1) is 15.9. The largest absolute Gasteiger partial charge is 0.480 e. The van der Waals surface area contributed by atoms with E-state index in [1.54, 1.807) is 13.0 Å². The fourth-order valence-electron chi connectivity index (χ4n) is 2.37. The van der Waals surface area contributed by atoms with Crippen molar-refractivity contribution in [2.45, 2.75) is 25.3 Å². The van der Waals surface area contributed by atoms with Crippen LogP contribution >= 0.6 is 0 Å². The van der Waals surface area contributed by atoms with Crippen LogP contribution in [0, 0.1) is 12.7 Å². The number of carbonyl (C=O) groups excluding carboxylic acids is 1. The Balaban J connectivity index is 2.02. The van der Waals surface area contributed by atoms with E-state index in [-0.39, 0.29) is 5.69 Å². The summed E-state index contributed by atoms with van der Waals surface area (Å²) in [5, 5.41) is 15.4. The van der Waals surface area contributed by atoms with Gasteiger partial charge < -0.3 is 10.4 Å². The van der Waals surface area contributed by atoms with E-state index in [1.807, 2.05) is 0 Å². The average molecular weight is 331 g/mol. The second-order valence-corrected chi connectivity index (χ2v) is 5.70. The Morgan fingerprint density at radius 3 is 2.58 bits per heavy atom. The molecule has 0 aliphatic heterocycles. The van der Waals surface area contributed by atoms with Crippen LogP contribution in [0.4, 0.5) is 4.39 Å². The van der Waals surface area contributed by atoms with Gasteiger partial charge in [0.1, 0.15) is 17.0 Å². The van der Waals surface area contributed by atoms with E-state index in [9.17, 15) is 18.8 Å². The minimum Gasteiger partial charge on any atom is -0.480 e. The van der Waals surface area contributed by atoms with Crippen molar-refractivity contribution in [2.24, 2.45) is 0 Å². The zero-order valence-electron chi connectivity index (χ0n) is 12.7. The highest BCUT2D eigenvalue weighted by Crippen LogP contribution is 2.35. The highest BCUT2D eigenvalue weighted by Gasteiger charge is 2.52. The second kappa shape index (κ2) is 5.55. The van der Waals surface area contributed by atoms with Crippen molar-refractivity contribution in [3.05, 3.63) is 57.8 Å². The normalized spacial score (nSPS) is 14.9. The molecule has 1 fully saturated rings. The number of nitrogens with zero attached hydrogens (tertiary/aromatic N) is 2. The highest BCUT2D eigenvalue weighted by atomic mass is 19.1. The molecule has 7 nitrogen and oxygen atoms in total. The van der Waals surface area contributed by atoms with Crippen molar-refractivity contribution in [2.75, 3.05) is 0 Å². The number of para-hydroxylation sites is 1. The third-order valence-electron chi connectivity index (χ3n) is 3.92. The van der Waals surface area contributed by atoms with Crippen LogP contribution in [0.15, 0.2) is 35.1 Å². The molecule has 0 spiro atoms. The summed E-state index contributed by atoms with van der Waals surface area (Å²) in [7, 11) is 0. The molecule has 8 heteroatoms. The number of carboxylic acids is 1. The first-order valence-corrected chi connectivity index (χ1v) is 7.26. The van der Waals surface area contributed by atoms with Gasteiger partial charge in [-0.1, -0.05) is 12.1 Å². The monoisotopic (exact) mass is 331 g/mol. The van der Waals surface area contributed by atoms with E-state index in [2.05, 4.69) is 10.4 Å². The Morgan fingerprint density at radius 2 is 2.00 bits per heavy atom. The zero-order chi connectivity index (χ0) is 17.5. The summed E-state index contributed by atoms with van der Waals surface area (Å²) in [5.74, 6) is -2.60. The molecule has 1 heterocycles. The van der Waals surface area contributed by atoms with Crippen LogP contribution in [-0.4, -0.2) is 32.3 Å². The van der Waals surface area contributed by atoms with Crippen LogP contribution in [0.25, 0.3) is 5.69 Å². The Morgan fingerprint density at radius 1 is 1.33 bits per heavy atom. The standard InChI is InChI=1S/C16H14FN3O4/c1-9-8-12(21)13(14(22)18-16(6-7-16)15(23)24)19-20(9)11-5-3-2-4-10(11)17/h2-5,8H,6-7H2,1H3,(H,18,22)(H,23,24). The molecular formula is C16H14FN3O4. The SMILES string of the molecule is Cc1cc(=O)c(C(=O)NC2(C(=O)O)CC2)nn1-c1ccccc1F. The molecule has 0 bridgehead atoms. The first-order valence-electron chi connectivity index (χ1n) is 7.26. The number of carbonyl (C=O) groups is 2. The number of carboxylic acid groups (broad SMARTS) is 1. The summed E-state index contributed by atoms with van der Waals surface area (Å²) in [4.78, 5) is 35.5. The summed E-state index contributed by atoms with van der Waals surface area (Å²) in [6, 6.07) is 6.96. The molecule has 0 unspecified atom stereocenters. The number of benzene rings is 1. The molecule has 0 atom stereocenters. The number of rotatable bonds is 4.